The average Bonchev–Trinajstić information content (AvgIpc) is 2.74. The molecule has 0 radical (unpaired) electrons. The fraction of sp³-hybridized carbons (Fsp3) is 0.538. The second-order valence-corrected chi connectivity index (χ2v) is 9.82. The van der Waals surface area contributed by atoms with Gasteiger partial charge in [0.15, 0.2) is 11.5 Å². The summed E-state index contributed by atoms with van der Waals surface area (Å²) in [7, 11) is 0. The summed E-state index contributed by atoms with van der Waals surface area (Å²) in [4.78, 5) is 19.3. The van der Waals surface area contributed by atoms with Gasteiger partial charge >= 0.3 is 0 Å². The molecule has 0 saturated carbocycles. The summed E-state index contributed by atoms with van der Waals surface area (Å²) >= 11 is 0. The number of hydrogen-bond acceptors (Lipinski definition) is 5. The van der Waals surface area contributed by atoms with Gasteiger partial charge in [-0.2, -0.15) is 0 Å². The molecule has 6 heteroatoms. The maximum Gasteiger partial charge on any atom is 0.234 e. The highest BCUT2D eigenvalue weighted by Gasteiger charge is 2.23. The molecule has 1 aromatic carbocycles. The molecule has 0 bridgehead atoms. The van der Waals surface area contributed by atoms with E-state index in [1.165, 1.54) is 0 Å². The molecule has 3 rings (SSSR count). The van der Waals surface area contributed by atoms with Gasteiger partial charge in [-0.05, 0) is 55.3 Å². The Morgan fingerprint density at radius 2 is 1.97 bits per heavy atom. The summed E-state index contributed by atoms with van der Waals surface area (Å²) < 4.78 is 12.4. The van der Waals surface area contributed by atoms with Crippen molar-refractivity contribution in [1.82, 2.24) is 15.2 Å². The van der Waals surface area contributed by atoms with E-state index in [1.807, 2.05) is 36.4 Å². The first kappa shape index (κ1) is 24.1. The van der Waals surface area contributed by atoms with Crippen LogP contribution in [0.25, 0.3) is 0 Å². The third kappa shape index (κ3) is 7.52. The highest BCUT2D eigenvalue weighted by Crippen LogP contribution is 2.34. The van der Waals surface area contributed by atoms with Crippen LogP contribution in [0.1, 0.15) is 52.5 Å². The van der Waals surface area contributed by atoms with Crippen LogP contribution in [-0.4, -0.2) is 42.0 Å². The van der Waals surface area contributed by atoms with Crippen LogP contribution in [0, 0.1) is 11.3 Å². The maximum absolute atomic E-state index is 12.6. The number of benzene rings is 1. The number of ether oxygens (including phenoxy) is 2. The minimum Gasteiger partial charge on any atom is -0.489 e. The van der Waals surface area contributed by atoms with E-state index in [2.05, 4.69) is 42.9 Å². The predicted octanol–water partition coefficient (Wildman–Crippen LogP) is 5.04. The van der Waals surface area contributed by atoms with Crippen LogP contribution in [0.15, 0.2) is 42.6 Å². The van der Waals surface area contributed by atoms with Crippen LogP contribution < -0.4 is 14.8 Å². The molecule has 1 aromatic heterocycles. The lowest BCUT2D eigenvalue weighted by Gasteiger charge is -2.27. The van der Waals surface area contributed by atoms with E-state index in [1.54, 1.807) is 6.20 Å². The van der Waals surface area contributed by atoms with Crippen LogP contribution in [-0.2, 0) is 11.3 Å². The summed E-state index contributed by atoms with van der Waals surface area (Å²) in [5.41, 5.74) is 0.966. The zero-order chi connectivity index (χ0) is 23.0. The van der Waals surface area contributed by atoms with E-state index >= 15 is 0 Å². The molecule has 1 aliphatic rings. The second-order valence-electron chi connectivity index (χ2n) is 9.82. The first-order chi connectivity index (χ1) is 15.3. The molecule has 0 saturated heterocycles. The zero-order valence-electron chi connectivity index (χ0n) is 19.9. The number of rotatable bonds is 5. The minimum atomic E-state index is 0.0114. The normalized spacial score (nSPS) is 16.9. The molecule has 1 N–H and O–H groups in total. The fourth-order valence-corrected chi connectivity index (χ4v) is 3.73. The lowest BCUT2D eigenvalue weighted by molar-refractivity contribution is -0.122. The van der Waals surface area contributed by atoms with Crippen molar-refractivity contribution in [2.75, 3.05) is 26.2 Å². The van der Waals surface area contributed by atoms with Crippen molar-refractivity contribution in [2.24, 2.45) is 11.3 Å². The Hall–Kier alpha value is -2.60. The Morgan fingerprint density at radius 3 is 2.75 bits per heavy atom. The smallest absolute Gasteiger partial charge is 0.234 e. The van der Waals surface area contributed by atoms with Gasteiger partial charge in [-0.15, -0.1) is 0 Å². The molecule has 0 unspecified atom stereocenters. The summed E-state index contributed by atoms with van der Waals surface area (Å²) in [6.07, 6.45) is 4.70. The number of hydrogen-bond donors (Lipinski definition) is 1. The van der Waals surface area contributed by atoms with E-state index in [0.717, 1.165) is 37.1 Å². The Kier molecular flexibility index (Phi) is 8.51. The third-order valence-electron chi connectivity index (χ3n) is 5.66. The predicted molar refractivity (Wildman–Crippen MR) is 127 cm³/mol. The summed E-state index contributed by atoms with van der Waals surface area (Å²) in [5.74, 6) is 2.56. The van der Waals surface area contributed by atoms with Gasteiger partial charge in [0.05, 0.1) is 13.2 Å². The molecule has 174 valence electrons. The van der Waals surface area contributed by atoms with Crippen molar-refractivity contribution in [3.8, 4) is 17.4 Å². The van der Waals surface area contributed by atoms with E-state index in [4.69, 9.17) is 9.47 Å². The van der Waals surface area contributed by atoms with Crippen molar-refractivity contribution in [3.05, 3.63) is 48.2 Å². The number of fused-ring (bicyclic) bond motifs is 2. The number of carbonyl (C=O) groups excluding carboxylic acids is 1. The average molecular weight is 440 g/mol. The highest BCUT2D eigenvalue weighted by atomic mass is 16.5. The number of carbonyl (C=O) groups is 1. The molecular weight excluding hydrogens is 402 g/mol. The summed E-state index contributed by atoms with van der Waals surface area (Å²) in [6.45, 7) is 11.9. The molecule has 2 heterocycles. The molecule has 2 aromatic rings. The van der Waals surface area contributed by atoms with Gasteiger partial charge in [0.25, 0.3) is 0 Å². The van der Waals surface area contributed by atoms with Crippen molar-refractivity contribution in [3.63, 3.8) is 0 Å². The number of pyridine rings is 1. The van der Waals surface area contributed by atoms with Crippen molar-refractivity contribution < 1.29 is 14.3 Å². The molecule has 0 aliphatic carbocycles. The maximum atomic E-state index is 12.6. The molecule has 1 amide bonds. The first-order valence-electron chi connectivity index (χ1n) is 11.6. The number of nitrogens with one attached hydrogen (secondary N) is 1. The Balaban J connectivity index is 1.81. The summed E-state index contributed by atoms with van der Waals surface area (Å²) in [6, 6.07) is 11.6. The van der Waals surface area contributed by atoms with Gasteiger partial charge in [-0.25, -0.2) is 4.98 Å². The van der Waals surface area contributed by atoms with Gasteiger partial charge in [0.2, 0.25) is 11.8 Å². The van der Waals surface area contributed by atoms with Crippen molar-refractivity contribution >= 4 is 5.91 Å². The Morgan fingerprint density at radius 1 is 1.19 bits per heavy atom. The Bertz CT molecular complexity index is 882. The fourth-order valence-electron chi connectivity index (χ4n) is 3.73. The van der Waals surface area contributed by atoms with Crippen LogP contribution in [0.4, 0.5) is 0 Å². The molecule has 0 spiro atoms. The third-order valence-corrected chi connectivity index (χ3v) is 5.66. The van der Waals surface area contributed by atoms with Gasteiger partial charge in [-0.3, -0.25) is 9.69 Å². The lowest BCUT2D eigenvalue weighted by atomic mass is 9.88. The van der Waals surface area contributed by atoms with E-state index in [9.17, 15) is 4.79 Å². The van der Waals surface area contributed by atoms with Gasteiger partial charge in [-0.1, -0.05) is 45.9 Å². The van der Waals surface area contributed by atoms with E-state index in [0.29, 0.717) is 43.8 Å². The van der Waals surface area contributed by atoms with Crippen molar-refractivity contribution in [2.45, 2.75) is 53.5 Å². The molecule has 32 heavy (non-hydrogen) atoms. The SMILES string of the molecule is CC(C)CCNC(=O)CN1CCCC(C)(C)COc2ccccc2Oc2ncccc2C1. The van der Waals surface area contributed by atoms with E-state index < -0.39 is 0 Å². The Labute approximate surface area is 192 Å². The first-order valence-corrected chi connectivity index (χ1v) is 11.6. The number of para-hydroxylation sites is 2. The summed E-state index contributed by atoms with van der Waals surface area (Å²) in [5, 5.41) is 3.06. The van der Waals surface area contributed by atoms with Crippen molar-refractivity contribution in [1.29, 1.82) is 0 Å². The molecule has 0 fully saturated rings. The monoisotopic (exact) mass is 439 g/mol. The number of amides is 1. The molecular formula is C26H37N3O3. The quantitative estimate of drug-likeness (QED) is 0.707. The molecule has 6 nitrogen and oxygen atoms in total. The minimum absolute atomic E-state index is 0.0114. The van der Waals surface area contributed by atoms with Crippen LogP contribution in [0.2, 0.25) is 0 Å². The topological polar surface area (TPSA) is 63.7 Å². The van der Waals surface area contributed by atoms with Crippen LogP contribution >= 0.6 is 0 Å². The highest BCUT2D eigenvalue weighted by molar-refractivity contribution is 5.78. The molecule has 1 aliphatic heterocycles. The van der Waals surface area contributed by atoms with Crippen LogP contribution in [0.5, 0.6) is 17.4 Å². The van der Waals surface area contributed by atoms with Gasteiger partial charge < -0.3 is 14.8 Å². The largest absolute Gasteiger partial charge is 0.489 e. The number of nitrogens with zero attached hydrogens (tertiary/aromatic N) is 2. The van der Waals surface area contributed by atoms with E-state index in [-0.39, 0.29) is 11.3 Å². The van der Waals surface area contributed by atoms with Gasteiger partial charge in [0, 0.05) is 24.8 Å². The second kappa shape index (κ2) is 11.3. The lowest BCUT2D eigenvalue weighted by Crippen LogP contribution is -2.38. The van der Waals surface area contributed by atoms with Crippen LogP contribution in [0.3, 0.4) is 0 Å². The standard InChI is InChI=1S/C26H37N3O3/c1-20(2)12-15-27-24(30)18-29-16-8-13-26(3,4)19-31-22-10-5-6-11-23(22)32-25-21(17-29)9-7-14-28-25/h5-7,9-11,14,20H,8,12-13,15-19H2,1-4H3,(H,27,30). The van der Waals surface area contributed by atoms with Gasteiger partial charge in [0.1, 0.15) is 0 Å². The number of aromatic nitrogens is 1. The molecule has 0 atom stereocenters. The zero-order valence-corrected chi connectivity index (χ0v) is 19.9.